The van der Waals surface area contributed by atoms with Crippen molar-refractivity contribution in [2.45, 2.75) is 33.1 Å². The maximum Gasteiger partial charge on any atom is 0.133 e. The molecule has 0 aliphatic heterocycles. The summed E-state index contributed by atoms with van der Waals surface area (Å²) in [5, 5.41) is 0. The Hall–Kier alpha value is -1.83. The number of nitrogens with zero attached hydrogens (tertiary/aromatic N) is 1. The molecule has 0 bridgehead atoms. The molecule has 0 unspecified atom stereocenters. The van der Waals surface area contributed by atoms with Crippen LogP contribution in [0.1, 0.15) is 31.9 Å². The van der Waals surface area contributed by atoms with Gasteiger partial charge in [0.25, 0.3) is 0 Å². The van der Waals surface area contributed by atoms with Gasteiger partial charge in [0.15, 0.2) is 0 Å². The lowest BCUT2D eigenvalue weighted by molar-refractivity contribution is 0.477. The van der Waals surface area contributed by atoms with Gasteiger partial charge in [0.2, 0.25) is 0 Å². The van der Waals surface area contributed by atoms with Crippen molar-refractivity contribution in [3.63, 3.8) is 0 Å². The molecule has 0 fully saturated rings. The first-order valence-electron chi connectivity index (χ1n) is 6.16. The van der Waals surface area contributed by atoms with Gasteiger partial charge >= 0.3 is 0 Å². The van der Waals surface area contributed by atoms with Gasteiger partial charge < -0.3 is 4.74 Å². The number of benzene rings is 1. The summed E-state index contributed by atoms with van der Waals surface area (Å²) in [7, 11) is 0. The normalized spacial score (nSPS) is 11.3. The van der Waals surface area contributed by atoms with Crippen LogP contribution in [-0.2, 0) is 5.41 Å². The molecule has 0 saturated heterocycles. The average Bonchev–Trinajstić information content (AvgIpc) is 2.32. The van der Waals surface area contributed by atoms with Crippen molar-refractivity contribution >= 4 is 0 Å². The van der Waals surface area contributed by atoms with Gasteiger partial charge in [-0.2, -0.15) is 0 Å². The van der Waals surface area contributed by atoms with Gasteiger partial charge in [0.05, 0.1) is 0 Å². The Balaban J connectivity index is 2.19. The third kappa shape index (κ3) is 2.89. The summed E-state index contributed by atoms with van der Waals surface area (Å²) >= 11 is 0. The number of ether oxygens (including phenoxy) is 1. The van der Waals surface area contributed by atoms with Gasteiger partial charge in [-0.25, -0.2) is 0 Å². The summed E-state index contributed by atoms with van der Waals surface area (Å²) in [4.78, 5) is 4.05. The summed E-state index contributed by atoms with van der Waals surface area (Å²) in [6.45, 7) is 8.60. The number of pyridine rings is 1. The second-order valence-corrected chi connectivity index (χ2v) is 5.52. The van der Waals surface area contributed by atoms with Crippen LogP contribution in [0.4, 0.5) is 0 Å². The van der Waals surface area contributed by atoms with Crippen LogP contribution in [-0.4, -0.2) is 4.98 Å². The smallest absolute Gasteiger partial charge is 0.133 e. The maximum absolute atomic E-state index is 5.84. The van der Waals surface area contributed by atoms with Gasteiger partial charge in [-0.05, 0) is 36.1 Å². The van der Waals surface area contributed by atoms with E-state index >= 15 is 0 Å². The molecule has 0 atom stereocenters. The van der Waals surface area contributed by atoms with Crippen LogP contribution in [0.25, 0.3) is 0 Å². The highest BCUT2D eigenvalue weighted by Crippen LogP contribution is 2.27. The predicted molar refractivity (Wildman–Crippen MR) is 74.2 cm³/mol. The van der Waals surface area contributed by atoms with E-state index in [1.54, 1.807) is 12.4 Å². The molecule has 1 heterocycles. The molecule has 2 rings (SSSR count). The van der Waals surface area contributed by atoms with E-state index in [2.05, 4.69) is 37.9 Å². The highest BCUT2D eigenvalue weighted by atomic mass is 16.5. The molecule has 2 heteroatoms. The lowest BCUT2D eigenvalue weighted by atomic mass is 9.87. The van der Waals surface area contributed by atoms with Crippen LogP contribution in [0.15, 0.2) is 42.7 Å². The summed E-state index contributed by atoms with van der Waals surface area (Å²) in [5.74, 6) is 1.71. The molecular weight excluding hydrogens is 222 g/mol. The van der Waals surface area contributed by atoms with Gasteiger partial charge in [0, 0.05) is 18.0 Å². The minimum absolute atomic E-state index is 0.172. The Morgan fingerprint density at radius 2 is 1.67 bits per heavy atom. The quantitative estimate of drug-likeness (QED) is 0.773. The Labute approximate surface area is 109 Å². The largest absolute Gasteiger partial charge is 0.457 e. The number of rotatable bonds is 2. The summed E-state index contributed by atoms with van der Waals surface area (Å²) in [6.07, 6.45) is 3.55. The van der Waals surface area contributed by atoms with E-state index in [1.165, 1.54) is 5.56 Å². The lowest BCUT2D eigenvalue weighted by Crippen LogP contribution is -2.10. The number of hydrogen-bond donors (Lipinski definition) is 0. The minimum Gasteiger partial charge on any atom is -0.457 e. The second-order valence-electron chi connectivity index (χ2n) is 5.52. The molecule has 0 radical (unpaired) electrons. The van der Waals surface area contributed by atoms with E-state index < -0.39 is 0 Å². The Bertz CT molecular complexity index is 524. The summed E-state index contributed by atoms with van der Waals surface area (Å²) < 4.78 is 5.84. The molecule has 0 aliphatic rings. The van der Waals surface area contributed by atoms with E-state index in [0.29, 0.717) is 0 Å². The van der Waals surface area contributed by atoms with Gasteiger partial charge in [-0.1, -0.05) is 32.9 Å². The second kappa shape index (κ2) is 4.81. The molecule has 94 valence electrons. The van der Waals surface area contributed by atoms with Crippen LogP contribution in [0.3, 0.4) is 0 Å². The maximum atomic E-state index is 5.84. The molecule has 0 aliphatic carbocycles. The molecule has 0 saturated carbocycles. The highest BCUT2D eigenvalue weighted by molar-refractivity contribution is 5.37. The van der Waals surface area contributed by atoms with Crippen molar-refractivity contribution in [3.8, 4) is 11.5 Å². The fourth-order valence-corrected chi connectivity index (χ4v) is 1.73. The van der Waals surface area contributed by atoms with Crippen molar-refractivity contribution in [2.75, 3.05) is 0 Å². The Kier molecular flexibility index (Phi) is 3.37. The zero-order valence-electron chi connectivity index (χ0n) is 11.4. The van der Waals surface area contributed by atoms with Crippen LogP contribution in [0, 0.1) is 6.92 Å². The fraction of sp³-hybridized carbons (Fsp3) is 0.312. The molecule has 1 aromatic heterocycles. The number of hydrogen-bond acceptors (Lipinski definition) is 2. The van der Waals surface area contributed by atoms with Gasteiger partial charge in [-0.3, -0.25) is 4.98 Å². The molecule has 18 heavy (non-hydrogen) atoms. The standard InChI is InChI=1S/C16H19NO/c1-12-11-17-10-9-15(12)18-14-7-5-13(6-8-14)16(2,3)4/h5-11H,1-4H3. The molecule has 0 N–H and O–H groups in total. The zero-order valence-corrected chi connectivity index (χ0v) is 11.4. The van der Waals surface area contributed by atoms with Crippen molar-refractivity contribution < 1.29 is 4.74 Å². The monoisotopic (exact) mass is 241 g/mol. The summed E-state index contributed by atoms with van der Waals surface area (Å²) in [5.41, 5.74) is 2.52. The van der Waals surface area contributed by atoms with Gasteiger partial charge in [-0.15, -0.1) is 0 Å². The first kappa shape index (κ1) is 12.6. The SMILES string of the molecule is Cc1cnccc1Oc1ccc(C(C)(C)C)cc1. The van der Waals surface area contributed by atoms with Crippen molar-refractivity contribution in [1.82, 2.24) is 4.98 Å². The molecule has 2 aromatic rings. The first-order chi connectivity index (χ1) is 8.47. The molecule has 0 spiro atoms. The fourth-order valence-electron chi connectivity index (χ4n) is 1.73. The highest BCUT2D eigenvalue weighted by Gasteiger charge is 2.13. The van der Waals surface area contributed by atoms with Crippen molar-refractivity contribution in [1.29, 1.82) is 0 Å². The van der Waals surface area contributed by atoms with Crippen LogP contribution in [0.2, 0.25) is 0 Å². The summed E-state index contributed by atoms with van der Waals surface area (Å²) in [6, 6.07) is 10.1. The van der Waals surface area contributed by atoms with Crippen LogP contribution >= 0.6 is 0 Å². The van der Waals surface area contributed by atoms with E-state index in [-0.39, 0.29) is 5.41 Å². The molecular formula is C16H19NO. The van der Waals surface area contributed by atoms with E-state index in [1.807, 2.05) is 25.1 Å². The molecule has 1 aromatic carbocycles. The van der Waals surface area contributed by atoms with E-state index in [4.69, 9.17) is 4.74 Å². The topological polar surface area (TPSA) is 22.1 Å². The number of aromatic nitrogens is 1. The molecule has 2 nitrogen and oxygen atoms in total. The lowest BCUT2D eigenvalue weighted by Gasteiger charge is -2.19. The number of aryl methyl sites for hydroxylation is 1. The predicted octanol–water partition coefficient (Wildman–Crippen LogP) is 4.48. The Morgan fingerprint density at radius 3 is 2.22 bits per heavy atom. The van der Waals surface area contributed by atoms with Crippen LogP contribution in [0.5, 0.6) is 11.5 Å². The van der Waals surface area contributed by atoms with Gasteiger partial charge in [0.1, 0.15) is 11.5 Å². The first-order valence-corrected chi connectivity index (χ1v) is 6.16. The van der Waals surface area contributed by atoms with Crippen molar-refractivity contribution in [3.05, 3.63) is 53.9 Å². The Morgan fingerprint density at radius 1 is 1.00 bits per heavy atom. The van der Waals surface area contributed by atoms with E-state index in [0.717, 1.165) is 17.1 Å². The molecule has 0 amide bonds. The minimum atomic E-state index is 0.172. The average molecular weight is 241 g/mol. The van der Waals surface area contributed by atoms with E-state index in [9.17, 15) is 0 Å². The zero-order chi connectivity index (χ0) is 13.2. The third-order valence-corrected chi connectivity index (χ3v) is 2.92. The third-order valence-electron chi connectivity index (χ3n) is 2.92. The van der Waals surface area contributed by atoms with Crippen molar-refractivity contribution in [2.24, 2.45) is 0 Å². The van der Waals surface area contributed by atoms with Crippen LogP contribution < -0.4 is 4.74 Å².